The van der Waals surface area contributed by atoms with Gasteiger partial charge in [0.1, 0.15) is 4.21 Å². The largest absolute Gasteiger partial charge is 0.340 e. The van der Waals surface area contributed by atoms with Crippen LogP contribution in [0.25, 0.3) is 10.4 Å². The molecule has 1 aliphatic heterocycles. The SMILES string of the molecule is CC(=O)Nc1cccc(-c2ccc(S(=O)(=O)N3CCN(C(C)=O)CC3)s2)c1. The van der Waals surface area contributed by atoms with E-state index >= 15 is 0 Å². The van der Waals surface area contributed by atoms with Crippen molar-refractivity contribution in [3.8, 4) is 10.4 Å². The zero-order valence-corrected chi connectivity index (χ0v) is 16.8. The minimum Gasteiger partial charge on any atom is -0.340 e. The van der Waals surface area contributed by atoms with Gasteiger partial charge in [0.25, 0.3) is 10.0 Å². The number of anilines is 1. The van der Waals surface area contributed by atoms with E-state index in [1.54, 1.807) is 23.1 Å². The molecule has 27 heavy (non-hydrogen) atoms. The Bertz CT molecular complexity index is 960. The van der Waals surface area contributed by atoms with Crippen LogP contribution in [0.15, 0.2) is 40.6 Å². The lowest BCUT2D eigenvalue weighted by molar-refractivity contribution is -0.130. The number of nitrogens with zero attached hydrogens (tertiary/aromatic N) is 2. The third kappa shape index (κ3) is 4.37. The van der Waals surface area contributed by atoms with Gasteiger partial charge in [-0.3, -0.25) is 9.59 Å². The molecule has 1 N–H and O–H groups in total. The van der Waals surface area contributed by atoms with E-state index in [-0.39, 0.29) is 16.0 Å². The normalized spacial score (nSPS) is 15.6. The fraction of sp³-hybridized carbons (Fsp3) is 0.333. The number of rotatable bonds is 4. The first-order valence-electron chi connectivity index (χ1n) is 8.51. The molecule has 0 radical (unpaired) electrons. The summed E-state index contributed by atoms with van der Waals surface area (Å²) in [6.07, 6.45) is 0. The van der Waals surface area contributed by atoms with Crippen LogP contribution in [-0.2, 0) is 19.6 Å². The number of piperazine rings is 1. The lowest BCUT2D eigenvalue weighted by atomic mass is 10.1. The van der Waals surface area contributed by atoms with Gasteiger partial charge in [-0.2, -0.15) is 4.31 Å². The first-order chi connectivity index (χ1) is 12.8. The molecule has 0 bridgehead atoms. The van der Waals surface area contributed by atoms with Gasteiger partial charge in [0.2, 0.25) is 11.8 Å². The average Bonchev–Trinajstić information content (AvgIpc) is 3.12. The van der Waals surface area contributed by atoms with E-state index in [0.29, 0.717) is 31.9 Å². The summed E-state index contributed by atoms with van der Waals surface area (Å²) in [5.41, 5.74) is 1.51. The predicted molar refractivity (Wildman–Crippen MR) is 105 cm³/mol. The van der Waals surface area contributed by atoms with E-state index in [9.17, 15) is 18.0 Å². The Morgan fingerprint density at radius 2 is 1.74 bits per heavy atom. The highest BCUT2D eigenvalue weighted by Crippen LogP contribution is 2.33. The lowest BCUT2D eigenvalue weighted by Crippen LogP contribution is -2.49. The van der Waals surface area contributed by atoms with E-state index in [0.717, 1.165) is 10.4 Å². The zero-order valence-electron chi connectivity index (χ0n) is 15.1. The molecule has 1 saturated heterocycles. The first-order valence-corrected chi connectivity index (χ1v) is 10.8. The van der Waals surface area contributed by atoms with E-state index in [4.69, 9.17) is 0 Å². The van der Waals surface area contributed by atoms with Crippen molar-refractivity contribution in [2.24, 2.45) is 0 Å². The van der Waals surface area contributed by atoms with Gasteiger partial charge in [0, 0.05) is 50.6 Å². The fourth-order valence-electron chi connectivity index (χ4n) is 2.94. The summed E-state index contributed by atoms with van der Waals surface area (Å²) in [7, 11) is -3.58. The molecular formula is C18H21N3O4S2. The Hall–Kier alpha value is -2.23. The minimum absolute atomic E-state index is 0.0375. The summed E-state index contributed by atoms with van der Waals surface area (Å²) in [5, 5.41) is 2.72. The Kier molecular flexibility index (Phi) is 5.64. The van der Waals surface area contributed by atoms with Crippen molar-refractivity contribution in [1.29, 1.82) is 0 Å². The number of sulfonamides is 1. The number of carbonyl (C=O) groups is 2. The molecule has 0 atom stereocenters. The van der Waals surface area contributed by atoms with Crippen LogP contribution in [0.1, 0.15) is 13.8 Å². The maximum absolute atomic E-state index is 12.9. The van der Waals surface area contributed by atoms with E-state index in [2.05, 4.69) is 5.32 Å². The van der Waals surface area contributed by atoms with E-state index < -0.39 is 10.0 Å². The van der Waals surface area contributed by atoms with E-state index in [1.165, 1.54) is 29.5 Å². The number of benzene rings is 1. The molecule has 2 amide bonds. The first kappa shape index (κ1) is 19.5. The number of amides is 2. The van der Waals surface area contributed by atoms with E-state index in [1.807, 2.05) is 18.2 Å². The summed E-state index contributed by atoms with van der Waals surface area (Å²) in [4.78, 5) is 25.1. The molecule has 1 aromatic carbocycles. The molecular weight excluding hydrogens is 386 g/mol. The minimum atomic E-state index is -3.58. The molecule has 0 saturated carbocycles. The molecule has 0 aliphatic carbocycles. The van der Waals surface area contributed by atoms with Gasteiger partial charge in [-0.05, 0) is 29.8 Å². The Balaban J connectivity index is 1.79. The van der Waals surface area contributed by atoms with Crippen LogP contribution in [0.3, 0.4) is 0 Å². The maximum Gasteiger partial charge on any atom is 0.252 e. The van der Waals surface area contributed by atoms with Crippen LogP contribution in [-0.4, -0.2) is 55.6 Å². The Labute approximate surface area is 162 Å². The van der Waals surface area contributed by atoms with Crippen LogP contribution >= 0.6 is 11.3 Å². The summed E-state index contributed by atoms with van der Waals surface area (Å²) < 4.78 is 27.5. The van der Waals surface area contributed by atoms with Crippen LogP contribution in [0.5, 0.6) is 0 Å². The van der Waals surface area contributed by atoms with Gasteiger partial charge in [-0.1, -0.05) is 12.1 Å². The summed E-state index contributed by atoms with van der Waals surface area (Å²) in [5.74, 6) is -0.198. The molecule has 2 heterocycles. The van der Waals surface area contributed by atoms with Crippen molar-refractivity contribution < 1.29 is 18.0 Å². The van der Waals surface area contributed by atoms with Gasteiger partial charge in [0.15, 0.2) is 0 Å². The number of nitrogens with one attached hydrogen (secondary N) is 1. The molecule has 0 spiro atoms. The Morgan fingerprint density at radius 1 is 1.04 bits per heavy atom. The highest BCUT2D eigenvalue weighted by molar-refractivity contribution is 7.91. The zero-order chi connectivity index (χ0) is 19.6. The van der Waals surface area contributed by atoms with Gasteiger partial charge in [-0.25, -0.2) is 8.42 Å². The molecule has 1 fully saturated rings. The van der Waals surface area contributed by atoms with Crippen molar-refractivity contribution in [3.63, 3.8) is 0 Å². The average molecular weight is 408 g/mol. The maximum atomic E-state index is 12.9. The van der Waals surface area contributed by atoms with Crippen LogP contribution in [0.2, 0.25) is 0 Å². The third-order valence-electron chi connectivity index (χ3n) is 4.33. The third-order valence-corrected chi connectivity index (χ3v) is 7.83. The van der Waals surface area contributed by atoms with Crippen LogP contribution in [0, 0.1) is 0 Å². The monoisotopic (exact) mass is 407 g/mol. The van der Waals surface area contributed by atoms with Gasteiger partial charge >= 0.3 is 0 Å². The van der Waals surface area contributed by atoms with Crippen molar-refractivity contribution in [2.75, 3.05) is 31.5 Å². The van der Waals surface area contributed by atoms with Gasteiger partial charge in [-0.15, -0.1) is 11.3 Å². The van der Waals surface area contributed by atoms with Gasteiger partial charge in [0.05, 0.1) is 0 Å². The second-order valence-corrected chi connectivity index (χ2v) is 9.54. The fourth-order valence-corrected chi connectivity index (χ4v) is 5.82. The molecule has 2 aromatic rings. The van der Waals surface area contributed by atoms with Crippen molar-refractivity contribution >= 4 is 38.9 Å². The predicted octanol–water partition coefficient (Wildman–Crippen LogP) is 2.23. The highest BCUT2D eigenvalue weighted by atomic mass is 32.2. The summed E-state index contributed by atoms with van der Waals surface area (Å²) >= 11 is 1.20. The standard InChI is InChI=1S/C18H21N3O4S2/c1-13(22)19-16-5-3-4-15(12-16)17-6-7-18(26-17)27(24,25)21-10-8-20(9-11-21)14(2)23/h3-7,12H,8-11H2,1-2H3,(H,19,22). The molecule has 0 unspecified atom stereocenters. The summed E-state index contributed by atoms with van der Waals surface area (Å²) in [6, 6.07) is 10.7. The molecule has 1 aromatic heterocycles. The number of hydrogen-bond acceptors (Lipinski definition) is 5. The highest BCUT2D eigenvalue weighted by Gasteiger charge is 2.30. The number of carbonyl (C=O) groups excluding carboxylic acids is 2. The molecule has 1 aliphatic rings. The quantitative estimate of drug-likeness (QED) is 0.842. The van der Waals surface area contributed by atoms with Crippen molar-refractivity contribution in [1.82, 2.24) is 9.21 Å². The second kappa shape index (κ2) is 7.79. The number of hydrogen-bond donors (Lipinski definition) is 1. The molecule has 3 rings (SSSR count). The van der Waals surface area contributed by atoms with Crippen LogP contribution < -0.4 is 5.32 Å². The lowest BCUT2D eigenvalue weighted by Gasteiger charge is -2.33. The van der Waals surface area contributed by atoms with Crippen LogP contribution in [0.4, 0.5) is 5.69 Å². The van der Waals surface area contributed by atoms with Crippen molar-refractivity contribution in [2.45, 2.75) is 18.1 Å². The molecule has 9 heteroatoms. The topological polar surface area (TPSA) is 86.8 Å². The Morgan fingerprint density at radius 3 is 2.37 bits per heavy atom. The smallest absolute Gasteiger partial charge is 0.252 e. The second-order valence-electron chi connectivity index (χ2n) is 6.29. The molecule has 144 valence electrons. The van der Waals surface area contributed by atoms with Gasteiger partial charge < -0.3 is 10.2 Å². The van der Waals surface area contributed by atoms with Crippen molar-refractivity contribution in [3.05, 3.63) is 36.4 Å². The number of thiophene rings is 1. The molecule has 7 nitrogen and oxygen atoms in total. The summed E-state index contributed by atoms with van der Waals surface area (Å²) in [6.45, 7) is 4.34.